The first kappa shape index (κ1) is 0.463. The third-order valence-electron chi connectivity index (χ3n) is 0.135. The third kappa shape index (κ3) is 3.96. The molecule has 0 aromatic carbocycles. The van der Waals surface area contributed by atoms with Gasteiger partial charge < -0.3 is 5.72 Å². The molecule has 0 rings (SSSR count). The molecular formula is C4H11N. The van der Waals surface area contributed by atoms with E-state index in [1.807, 2.05) is 0 Å². The zero-order valence-corrected chi connectivity index (χ0v) is 2.65. The molecule has 1 atom stereocenters. The van der Waals surface area contributed by atoms with Crippen LogP contribution in [0.3, 0.4) is 0 Å². The SMILES string of the molecule is [2H]CC([2H])(C([2H])([2H])[2H])C([2H])([2H])N([2H])[2H]. The van der Waals surface area contributed by atoms with Crippen LogP contribution in [0.5, 0.6) is 0 Å². The second kappa shape index (κ2) is 2.21. The Morgan fingerprint density at radius 1 is 2.80 bits per heavy atom. The molecule has 0 amide bonds. The molecule has 0 aliphatic rings. The molecule has 0 spiro atoms. The van der Waals surface area contributed by atoms with E-state index in [0.29, 0.717) is 0 Å². The van der Waals surface area contributed by atoms with E-state index in [2.05, 4.69) is 0 Å². The van der Waals surface area contributed by atoms with Gasteiger partial charge in [-0.25, -0.2) is 0 Å². The average Bonchev–Trinajstić information content (AvgIpc) is 2.00. The summed E-state index contributed by atoms with van der Waals surface area (Å²) in [4.78, 5) is 0. The van der Waals surface area contributed by atoms with E-state index in [9.17, 15) is 0 Å². The van der Waals surface area contributed by atoms with E-state index < -0.39 is 31.9 Å². The van der Waals surface area contributed by atoms with Crippen molar-refractivity contribution in [3.05, 3.63) is 0 Å². The van der Waals surface area contributed by atoms with Crippen molar-refractivity contribution in [2.24, 2.45) is 11.6 Å². The first-order chi connectivity index (χ1) is 6.00. The van der Waals surface area contributed by atoms with Crippen LogP contribution in [0.4, 0.5) is 0 Å². The van der Waals surface area contributed by atoms with E-state index in [-0.39, 0.29) is 0 Å². The summed E-state index contributed by atoms with van der Waals surface area (Å²) < 4.78 is 62.7. The van der Waals surface area contributed by atoms with Crippen molar-refractivity contribution < 1.29 is 12.4 Å². The van der Waals surface area contributed by atoms with Gasteiger partial charge in [0.05, 0.1) is 0 Å². The quantitative estimate of drug-likeness (QED) is 0.518. The van der Waals surface area contributed by atoms with Gasteiger partial charge in [0.2, 0.25) is 0 Å². The minimum atomic E-state index is -3.06. The molecule has 0 fully saturated rings. The zero-order chi connectivity index (χ0) is 11.8. The maximum absolute atomic E-state index is 7.35. The zero-order valence-electron chi connectivity index (χ0n) is 11.7. The molecule has 0 bridgehead atoms. The number of hydrogen-bond donors (Lipinski definition) is 1. The average molecular weight is 82.2 g/mol. The minimum absolute atomic E-state index is 0.485. The van der Waals surface area contributed by atoms with Gasteiger partial charge >= 0.3 is 0 Å². The van der Waals surface area contributed by atoms with Crippen LogP contribution in [0.15, 0.2) is 0 Å². The molecule has 0 radical (unpaired) electrons. The molecule has 1 heteroatoms. The van der Waals surface area contributed by atoms with Crippen LogP contribution in [0, 0.1) is 5.89 Å². The van der Waals surface area contributed by atoms with Gasteiger partial charge in [0.25, 0.3) is 0 Å². The van der Waals surface area contributed by atoms with Crippen LogP contribution >= 0.6 is 0 Å². The molecule has 0 aliphatic carbocycles. The van der Waals surface area contributed by atoms with Crippen molar-refractivity contribution in [1.82, 2.24) is 0 Å². The van der Waals surface area contributed by atoms with Gasteiger partial charge in [0, 0.05) is 9.60 Å². The molecule has 2 N–H and O–H groups in total. The smallest absolute Gasteiger partial charge is 0.118 e. The van der Waals surface area contributed by atoms with Crippen LogP contribution in [-0.2, 0) is 0 Å². The standard InChI is InChI=1S/C4H11N/c1-4(2)3-5/h4H,3,5H2,1-2H3/i1D,2D3,3D2,4D/hD2. The van der Waals surface area contributed by atoms with Gasteiger partial charge in [-0.15, -0.1) is 0 Å². The third-order valence-corrected chi connectivity index (χ3v) is 0.135. The lowest BCUT2D eigenvalue weighted by Crippen LogP contribution is -2.05. The lowest BCUT2D eigenvalue weighted by atomic mass is 10.2. The summed E-state index contributed by atoms with van der Waals surface area (Å²) in [6, 6.07) is 0. The molecule has 0 saturated heterocycles. The van der Waals surface area contributed by atoms with Gasteiger partial charge in [-0.3, -0.25) is 0 Å². The highest BCUT2D eigenvalue weighted by Gasteiger charge is 1.80. The summed E-state index contributed by atoms with van der Waals surface area (Å²) in [6.45, 7) is -7.14. The van der Waals surface area contributed by atoms with Gasteiger partial charge in [-0.05, 0) is 12.4 Å². The summed E-state index contributed by atoms with van der Waals surface area (Å²) in [6.07, 6.45) is 0. The van der Waals surface area contributed by atoms with Crippen LogP contribution in [0.25, 0.3) is 0 Å². The predicted molar refractivity (Wildman–Crippen MR) is 23.9 cm³/mol. The van der Waals surface area contributed by atoms with E-state index >= 15 is 0 Å². The monoisotopic (exact) mass is 82.1 g/mol. The fraction of sp³-hybridized carbons (Fsp3) is 1.00. The minimum Gasteiger partial charge on any atom is -0.330 e. The van der Waals surface area contributed by atoms with Crippen molar-refractivity contribution in [1.29, 1.82) is 0 Å². The van der Waals surface area contributed by atoms with Crippen molar-refractivity contribution in [2.45, 2.75) is 13.8 Å². The second-order valence-electron chi connectivity index (χ2n) is 0.590. The highest BCUT2D eigenvalue weighted by atomic mass is 14.5. The molecule has 5 heavy (non-hydrogen) atoms. The van der Waals surface area contributed by atoms with Crippen LogP contribution in [0.2, 0.25) is 2.82 Å². The van der Waals surface area contributed by atoms with Crippen molar-refractivity contribution in [3.8, 4) is 0 Å². The Balaban J connectivity index is 5.25. The number of hydrogen-bond acceptors (Lipinski definition) is 1. The lowest BCUT2D eigenvalue weighted by molar-refractivity contribution is 0.664. The van der Waals surface area contributed by atoms with Crippen LogP contribution in [-0.4, -0.2) is 6.50 Å². The Morgan fingerprint density at radius 3 is 4.00 bits per heavy atom. The molecule has 1 unspecified atom stereocenters. The summed E-state index contributed by atoms with van der Waals surface area (Å²) >= 11 is 0. The summed E-state index contributed by atoms with van der Waals surface area (Å²) in [5.41, 5.74) is -0.485. The first-order valence-electron chi connectivity index (χ1n) is 5.68. The predicted octanol–water partition coefficient (Wildman–Crippen LogP) is 0.601. The fourth-order valence-electron chi connectivity index (χ4n) is 0. The maximum atomic E-state index is 7.35. The van der Waals surface area contributed by atoms with Crippen LogP contribution in [0.1, 0.15) is 23.3 Å². The Hall–Kier alpha value is -0.0400. The summed E-state index contributed by atoms with van der Waals surface area (Å²) in [7, 11) is 0. The van der Waals surface area contributed by atoms with E-state index in [1.165, 1.54) is 0 Å². The molecule has 0 aliphatic heterocycles. The van der Waals surface area contributed by atoms with Crippen molar-refractivity contribution in [3.63, 3.8) is 0 Å². The molecule has 0 aromatic rings. The Bertz CT molecular complexity index is 197. The van der Waals surface area contributed by atoms with E-state index in [0.717, 1.165) is 0 Å². The summed E-state index contributed by atoms with van der Waals surface area (Å²) in [5, 5.41) is 0. The normalized spacial score (nSPS) is 53.4. The highest BCUT2D eigenvalue weighted by Crippen LogP contribution is 1.81. The largest absolute Gasteiger partial charge is 0.330 e. The molecular weight excluding hydrogens is 62.1 g/mol. The van der Waals surface area contributed by atoms with E-state index in [1.54, 1.807) is 0 Å². The first-order valence-corrected chi connectivity index (χ1v) is 1.08. The van der Waals surface area contributed by atoms with E-state index in [4.69, 9.17) is 12.4 Å². The fourth-order valence-corrected chi connectivity index (χ4v) is 0. The van der Waals surface area contributed by atoms with Gasteiger partial charge in [-0.2, -0.15) is 0 Å². The van der Waals surface area contributed by atoms with Gasteiger partial charge in [0.1, 0.15) is 2.82 Å². The summed E-state index contributed by atoms with van der Waals surface area (Å²) in [5.74, 6) is -2.80. The van der Waals surface area contributed by atoms with Gasteiger partial charge in [0.15, 0.2) is 0 Å². The number of rotatable bonds is 2. The molecule has 0 heterocycles. The van der Waals surface area contributed by atoms with Crippen molar-refractivity contribution in [2.75, 3.05) is 6.50 Å². The molecule has 0 saturated carbocycles. The second-order valence-corrected chi connectivity index (χ2v) is 0.590. The molecule has 32 valence electrons. The van der Waals surface area contributed by atoms with Crippen molar-refractivity contribution >= 4 is 0 Å². The van der Waals surface area contributed by atoms with Gasteiger partial charge in [-0.1, -0.05) is 13.8 Å². The molecule has 0 aromatic heterocycles. The molecule has 1 nitrogen and oxygen atoms in total. The topological polar surface area (TPSA) is 26.0 Å². The maximum Gasteiger partial charge on any atom is 0.118 e. The van der Waals surface area contributed by atoms with Crippen LogP contribution < -0.4 is 5.72 Å². The Morgan fingerprint density at radius 2 is 3.80 bits per heavy atom. The lowest BCUT2D eigenvalue weighted by Gasteiger charge is -1.91. The Kier molecular flexibility index (Phi) is 0.205. The Labute approximate surface area is 45.9 Å². The number of nitrogens with two attached hydrogens (primary N) is 1. The highest BCUT2D eigenvalue weighted by molar-refractivity contribution is 4.38.